The van der Waals surface area contributed by atoms with Crippen molar-refractivity contribution in [3.05, 3.63) is 11.1 Å². The molecule has 0 saturated heterocycles. The number of carbonyl (C=O) groups is 1. The van der Waals surface area contributed by atoms with Crippen LogP contribution in [0.4, 0.5) is 0 Å². The number of aliphatic carboxylic acids is 1. The maximum atomic E-state index is 10.3. The van der Waals surface area contributed by atoms with E-state index in [1.54, 1.807) is 0 Å². The molecule has 1 N–H and O–H groups in total. The van der Waals surface area contributed by atoms with Gasteiger partial charge in [0.15, 0.2) is 0 Å². The van der Waals surface area contributed by atoms with Gasteiger partial charge in [0.05, 0.1) is 18.8 Å². The molecule has 1 aliphatic heterocycles. The lowest BCUT2D eigenvalue weighted by molar-refractivity contribution is -0.132. The normalized spacial score (nSPS) is 17.1. The van der Waals surface area contributed by atoms with Crippen molar-refractivity contribution in [2.45, 2.75) is 0 Å². The summed E-state index contributed by atoms with van der Waals surface area (Å²) < 4.78 is 4.82. The molecule has 0 spiro atoms. The van der Waals surface area contributed by atoms with Crippen molar-refractivity contribution in [3.8, 4) is 12.3 Å². The van der Waals surface area contributed by atoms with E-state index in [4.69, 9.17) is 16.3 Å². The molecule has 0 aromatic heterocycles. The highest BCUT2D eigenvalue weighted by Crippen LogP contribution is 2.12. The lowest BCUT2D eigenvalue weighted by Crippen LogP contribution is -2.02. The van der Waals surface area contributed by atoms with Crippen molar-refractivity contribution in [2.75, 3.05) is 13.2 Å². The van der Waals surface area contributed by atoms with E-state index in [0.29, 0.717) is 5.57 Å². The van der Waals surface area contributed by atoms with Gasteiger partial charge in [-0.2, -0.15) is 0 Å². The molecule has 0 radical (unpaired) electrons. The third-order valence-electron chi connectivity index (χ3n) is 1.29. The standard InChI is InChI=1S/C7H6O3/c1-2-5-3-10-4-6(5)7(8)9/h1H,3-4H2,(H,8,9). The summed E-state index contributed by atoms with van der Waals surface area (Å²) in [5.74, 6) is 1.29. The van der Waals surface area contributed by atoms with Crippen LogP contribution in [0.25, 0.3) is 0 Å². The van der Waals surface area contributed by atoms with Crippen LogP contribution in [-0.2, 0) is 9.53 Å². The van der Waals surface area contributed by atoms with Gasteiger partial charge in [-0.25, -0.2) is 4.79 Å². The second kappa shape index (κ2) is 2.54. The van der Waals surface area contributed by atoms with Crippen LogP contribution in [-0.4, -0.2) is 24.3 Å². The average Bonchev–Trinajstić information content (AvgIpc) is 2.33. The number of hydrogen-bond donors (Lipinski definition) is 1. The van der Waals surface area contributed by atoms with Crippen molar-refractivity contribution < 1.29 is 14.6 Å². The van der Waals surface area contributed by atoms with Crippen molar-refractivity contribution in [1.82, 2.24) is 0 Å². The fourth-order valence-corrected chi connectivity index (χ4v) is 0.749. The maximum Gasteiger partial charge on any atom is 0.334 e. The molecule has 3 nitrogen and oxygen atoms in total. The summed E-state index contributed by atoms with van der Waals surface area (Å²) in [6.45, 7) is 0.396. The fourth-order valence-electron chi connectivity index (χ4n) is 0.749. The summed E-state index contributed by atoms with van der Waals surface area (Å²) in [6, 6.07) is 0. The van der Waals surface area contributed by atoms with Crippen molar-refractivity contribution in [1.29, 1.82) is 0 Å². The minimum absolute atomic E-state index is 0.134. The van der Waals surface area contributed by atoms with E-state index in [9.17, 15) is 4.79 Å². The summed E-state index contributed by atoms with van der Waals surface area (Å²) in [4.78, 5) is 10.3. The smallest absolute Gasteiger partial charge is 0.334 e. The zero-order chi connectivity index (χ0) is 7.56. The molecule has 0 unspecified atom stereocenters. The van der Waals surface area contributed by atoms with Gasteiger partial charge in [-0.15, -0.1) is 6.42 Å². The number of ether oxygens (including phenoxy) is 1. The second-order valence-corrected chi connectivity index (χ2v) is 1.90. The van der Waals surface area contributed by atoms with Gasteiger partial charge < -0.3 is 9.84 Å². The molecule has 1 heterocycles. The molecule has 0 atom stereocenters. The molecule has 0 fully saturated rings. The Hall–Kier alpha value is -1.27. The Balaban J connectivity index is 2.91. The Labute approximate surface area is 58.3 Å². The quantitative estimate of drug-likeness (QED) is 0.520. The van der Waals surface area contributed by atoms with Crippen LogP contribution in [0.3, 0.4) is 0 Å². The number of hydrogen-bond acceptors (Lipinski definition) is 2. The predicted octanol–water partition coefficient (Wildman–Crippen LogP) is 0.0310. The first kappa shape index (κ1) is 6.84. The zero-order valence-electron chi connectivity index (χ0n) is 5.26. The summed E-state index contributed by atoms with van der Waals surface area (Å²) >= 11 is 0. The number of terminal acetylenes is 1. The molecule has 1 aliphatic rings. The van der Waals surface area contributed by atoms with Crippen molar-refractivity contribution >= 4 is 5.97 Å². The van der Waals surface area contributed by atoms with Crippen LogP contribution in [0.1, 0.15) is 0 Å². The molecule has 0 amide bonds. The highest BCUT2D eigenvalue weighted by Gasteiger charge is 2.18. The van der Waals surface area contributed by atoms with Gasteiger partial charge in [0, 0.05) is 5.57 Å². The Morgan fingerprint density at radius 2 is 2.40 bits per heavy atom. The van der Waals surface area contributed by atoms with Crippen LogP contribution < -0.4 is 0 Å². The summed E-state index contributed by atoms with van der Waals surface area (Å²) in [5.41, 5.74) is 0.662. The van der Waals surface area contributed by atoms with Crippen LogP contribution in [0.2, 0.25) is 0 Å². The number of carboxylic acids is 1. The van der Waals surface area contributed by atoms with Crippen molar-refractivity contribution in [3.63, 3.8) is 0 Å². The Kier molecular flexibility index (Phi) is 1.74. The highest BCUT2D eigenvalue weighted by atomic mass is 16.5. The molecule has 0 aliphatic carbocycles. The summed E-state index contributed by atoms with van der Waals surface area (Å²) in [6.07, 6.45) is 5.01. The third-order valence-corrected chi connectivity index (χ3v) is 1.29. The van der Waals surface area contributed by atoms with Crippen molar-refractivity contribution in [2.24, 2.45) is 0 Å². The molecule has 0 bridgehead atoms. The van der Waals surface area contributed by atoms with Gasteiger partial charge in [0.25, 0.3) is 0 Å². The van der Waals surface area contributed by atoms with Gasteiger partial charge in [0.2, 0.25) is 0 Å². The van der Waals surface area contributed by atoms with E-state index in [2.05, 4.69) is 5.92 Å². The van der Waals surface area contributed by atoms with E-state index >= 15 is 0 Å². The zero-order valence-corrected chi connectivity index (χ0v) is 5.26. The van der Waals surface area contributed by atoms with Gasteiger partial charge >= 0.3 is 5.97 Å². The first-order valence-corrected chi connectivity index (χ1v) is 2.75. The van der Waals surface area contributed by atoms with E-state index < -0.39 is 5.97 Å². The van der Waals surface area contributed by atoms with Gasteiger partial charge in [-0.1, -0.05) is 5.92 Å². The first-order chi connectivity index (χ1) is 4.75. The Bertz CT molecular complexity index is 232. The first-order valence-electron chi connectivity index (χ1n) is 2.75. The lowest BCUT2D eigenvalue weighted by atomic mass is 10.2. The van der Waals surface area contributed by atoms with E-state index in [0.717, 1.165) is 0 Å². The topological polar surface area (TPSA) is 46.5 Å². The molecule has 0 aromatic carbocycles. The molecule has 1 rings (SSSR count). The number of rotatable bonds is 1. The SMILES string of the molecule is C#CC1=C(C(=O)O)COC1. The molecule has 0 aromatic rings. The lowest BCUT2D eigenvalue weighted by Gasteiger charge is -1.89. The van der Waals surface area contributed by atoms with Gasteiger partial charge in [-0.3, -0.25) is 0 Å². The largest absolute Gasteiger partial charge is 0.478 e. The van der Waals surface area contributed by atoms with Crippen LogP contribution in [0.15, 0.2) is 11.1 Å². The minimum Gasteiger partial charge on any atom is -0.478 e. The third kappa shape index (κ3) is 1.02. The molecular formula is C7H6O3. The monoisotopic (exact) mass is 138 g/mol. The fraction of sp³-hybridized carbons (Fsp3) is 0.286. The Morgan fingerprint density at radius 3 is 2.80 bits per heavy atom. The maximum absolute atomic E-state index is 10.3. The molecule has 3 heteroatoms. The van der Waals surface area contributed by atoms with Crippen LogP contribution in [0, 0.1) is 12.3 Å². The summed E-state index contributed by atoms with van der Waals surface area (Å²) in [5, 5.41) is 8.48. The van der Waals surface area contributed by atoms with Crippen LogP contribution in [0.5, 0.6) is 0 Å². The second-order valence-electron chi connectivity index (χ2n) is 1.90. The Morgan fingerprint density at radius 1 is 1.70 bits per heavy atom. The van der Waals surface area contributed by atoms with E-state index in [1.807, 2.05) is 0 Å². The summed E-state index contributed by atoms with van der Waals surface area (Å²) in [7, 11) is 0. The van der Waals surface area contributed by atoms with Crippen LogP contribution >= 0.6 is 0 Å². The van der Waals surface area contributed by atoms with E-state index in [1.165, 1.54) is 0 Å². The number of carboxylic acid groups (broad SMARTS) is 1. The highest BCUT2D eigenvalue weighted by molar-refractivity contribution is 5.89. The average molecular weight is 138 g/mol. The molecule has 52 valence electrons. The van der Waals surface area contributed by atoms with Gasteiger partial charge in [-0.05, 0) is 0 Å². The molecule has 0 saturated carbocycles. The van der Waals surface area contributed by atoms with E-state index in [-0.39, 0.29) is 18.8 Å². The molecule has 10 heavy (non-hydrogen) atoms. The van der Waals surface area contributed by atoms with Gasteiger partial charge in [0.1, 0.15) is 0 Å². The molecular weight excluding hydrogens is 132 g/mol. The minimum atomic E-state index is -0.981. The predicted molar refractivity (Wildman–Crippen MR) is 34.3 cm³/mol.